The van der Waals surface area contributed by atoms with Crippen molar-refractivity contribution in [3.05, 3.63) is 11.7 Å². The molecule has 6 heteroatoms. The number of rotatable bonds is 5. The molecule has 3 N–H and O–H groups in total. The highest BCUT2D eigenvalue weighted by Crippen LogP contribution is 1.99. The summed E-state index contributed by atoms with van der Waals surface area (Å²) >= 11 is 0. The highest BCUT2D eigenvalue weighted by atomic mass is 16.5. The lowest BCUT2D eigenvalue weighted by Crippen LogP contribution is -1.93. The average Bonchev–Trinajstić information content (AvgIpc) is 2.80. The number of carbonyl (C=O) groups is 1. The van der Waals surface area contributed by atoms with E-state index >= 15 is 0 Å². The van der Waals surface area contributed by atoms with Gasteiger partial charge in [-0.25, -0.2) is 0 Å². The number of carbonyl (C=O) groups excluding carboxylic acids is 1. The minimum atomic E-state index is 0.00660. The zero-order chi connectivity index (χ0) is 12.8. The summed E-state index contributed by atoms with van der Waals surface area (Å²) in [6.07, 6.45) is 2.06. The van der Waals surface area contributed by atoms with Crippen molar-refractivity contribution in [2.24, 2.45) is 5.73 Å². The van der Waals surface area contributed by atoms with Gasteiger partial charge in [-0.1, -0.05) is 19.0 Å². The van der Waals surface area contributed by atoms with Crippen LogP contribution < -0.4 is 5.73 Å². The molecule has 0 radical (unpaired) electrons. The first-order chi connectivity index (χ1) is 7.86. The molecular weight excluding hydrogens is 210 g/mol. The molecule has 0 aliphatic carbocycles. The van der Waals surface area contributed by atoms with Crippen LogP contribution in [0.2, 0.25) is 0 Å². The van der Waals surface area contributed by atoms with Crippen molar-refractivity contribution in [1.82, 2.24) is 10.1 Å². The maximum absolute atomic E-state index is 9.98. The summed E-state index contributed by atoms with van der Waals surface area (Å²) in [7, 11) is 1.50. The van der Waals surface area contributed by atoms with E-state index in [1.807, 2.05) is 13.8 Å². The number of aromatic nitrogens is 2. The lowest BCUT2D eigenvalue weighted by molar-refractivity contribution is -0.107. The van der Waals surface area contributed by atoms with Crippen molar-refractivity contribution in [1.29, 1.82) is 0 Å². The molecular formula is C10H21N3O3. The Kier molecular flexibility index (Phi) is 14.7. The number of aryl methyl sites for hydroxylation is 1. The Bertz CT molecular complexity index is 251. The van der Waals surface area contributed by atoms with E-state index < -0.39 is 0 Å². The molecule has 94 valence electrons. The van der Waals surface area contributed by atoms with Crippen molar-refractivity contribution in [3.8, 4) is 0 Å². The van der Waals surface area contributed by atoms with E-state index in [1.54, 1.807) is 0 Å². The molecule has 0 bridgehead atoms. The largest absolute Gasteiger partial charge is 0.396 e. The van der Waals surface area contributed by atoms with Gasteiger partial charge in [-0.15, -0.1) is 0 Å². The molecule has 1 aromatic heterocycles. The number of aliphatic hydroxyl groups is 1. The number of aliphatic hydroxyl groups excluding tert-OH is 1. The summed E-state index contributed by atoms with van der Waals surface area (Å²) in [5.41, 5.74) is 4.50. The second kappa shape index (κ2) is 13.7. The topological polar surface area (TPSA) is 102 Å². The molecule has 0 saturated carbocycles. The molecule has 0 aliphatic heterocycles. The molecule has 1 heterocycles. The van der Waals surface area contributed by atoms with Gasteiger partial charge >= 0.3 is 0 Å². The van der Waals surface area contributed by atoms with E-state index in [0.717, 1.165) is 6.29 Å². The number of hydrogen-bond acceptors (Lipinski definition) is 6. The number of nitrogens with two attached hydrogens (primary N) is 1. The van der Waals surface area contributed by atoms with Gasteiger partial charge in [0, 0.05) is 19.3 Å². The molecule has 0 fully saturated rings. The van der Waals surface area contributed by atoms with Crippen LogP contribution in [-0.4, -0.2) is 35.2 Å². The molecule has 0 spiro atoms. The lowest BCUT2D eigenvalue weighted by Gasteiger charge is -1.84. The second-order valence-electron chi connectivity index (χ2n) is 2.28. The van der Waals surface area contributed by atoms with Crippen LogP contribution >= 0.6 is 0 Å². The van der Waals surface area contributed by atoms with E-state index in [9.17, 15) is 4.79 Å². The van der Waals surface area contributed by atoms with Gasteiger partial charge in [-0.2, -0.15) is 4.98 Å². The molecule has 6 nitrogen and oxygen atoms in total. The summed E-state index contributed by atoms with van der Waals surface area (Å²) < 4.78 is 4.79. The van der Waals surface area contributed by atoms with Crippen LogP contribution in [0.5, 0.6) is 0 Å². The molecule has 1 aromatic rings. The second-order valence-corrected chi connectivity index (χ2v) is 2.28. The van der Waals surface area contributed by atoms with Gasteiger partial charge in [0.15, 0.2) is 5.82 Å². The van der Waals surface area contributed by atoms with Gasteiger partial charge in [0.25, 0.3) is 0 Å². The smallest absolute Gasteiger partial charge is 0.227 e. The summed E-state index contributed by atoms with van der Waals surface area (Å²) in [6.45, 7) is 4.01. The van der Waals surface area contributed by atoms with Gasteiger partial charge in [0.05, 0.1) is 6.61 Å². The Balaban J connectivity index is 0. The quantitative estimate of drug-likeness (QED) is 0.708. The fourth-order valence-electron chi connectivity index (χ4n) is 0.776. The molecule has 1 rings (SSSR count). The van der Waals surface area contributed by atoms with Crippen molar-refractivity contribution in [2.75, 3.05) is 13.7 Å². The first-order valence-corrected chi connectivity index (χ1v) is 5.30. The summed E-state index contributed by atoms with van der Waals surface area (Å²) in [4.78, 5) is 13.9. The fraction of sp³-hybridized carbons (Fsp3) is 0.700. The van der Waals surface area contributed by atoms with Crippen LogP contribution in [0, 0.1) is 0 Å². The maximum Gasteiger partial charge on any atom is 0.227 e. The Morgan fingerprint density at radius 3 is 2.50 bits per heavy atom. The number of nitrogens with zero attached hydrogens (tertiary/aromatic N) is 2. The third kappa shape index (κ3) is 8.07. The van der Waals surface area contributed by atoms with Gasteiger partial charge in [0.1, 0.15) is 6.29 Å². The highest BCUT2D eigenvalue weighted by Gasteiger charge is 2.04. The Labute approximate surface area is 95.8 Å². The predicted octanol–water partition coefficient (Wildman–Crippen LogP) is 0.337. The van der Waals surface area contributed by atoms with E-state index in [-0.39, 0.29) is 6.61 Å². The zero-order valence-electron chi connectivity index (χ0n) is 10.1. The van der Waals surface area contributed by atoms with Crippen LogP contribution in [0.25, 0.3) is 0 Å². The summed E-state index contributed by atoms with van der Waals surface area (Å²) in [6, 6.07) is 0. The fourth-order valence-corrected chi connectivity index (χ4v) is 0.776. The van der Waals surface area contributed by atoms with Gasteiger partial charge in [0.2, 0.25) is 5.89 Å². The van der Waals surface area contributed by atoms with Gasteiger partial charge < -0.3 is 20.2 Å². The third-order valence-electron chi connectivity index (χ3n) is 1.32. The van der Waals surface area contributed by atoms with Crippen LogP contribution in [0.4, 0.5) is 0 Å². The predicted molar refractivity (Wildman–Crippen MR) is 60.9 cm³/mol. The van der Waals surface area contributed by atoms with Crippen LogP contribution in [-0.2, 0) is 17.6 Å². The van der Waals surface area contributed by atoms with Crippen molar-refractivity contribution in [3.63, 3.8) is 0 Å². The molecule has 0 amide bonds. The van der Waals surface area contributed by atoms with Gasteiger partial charge in [-0.05, 0) is 7.05 Å². The average molecular weight is 231 g/mol. The van der Waals surface area contributed by atoms with Crippen molar-refractivity contribution in [2.45, 2.75) is 33.1 Å². The van der Waals surface area contributed by atoms with Crippen LogP contribution in [0.3, 0.4) is 0 Å². The van der Waals surface area contributed by atoms with Crippen molar-refractivity contribution >= 4 is 6.29 Å². The SMILES string of the molecule is CC.CN.O=CCCc1nc(CCO)no1. The standard InChI is InChI=1S/C7H10N2O3.C2H6.CH5N/c10-4-1-2-7-8-6(3-5-11)9-12-7;2*1-2/h4,11H,1-3,5H2;1-2H3;2H2,1H3. The minimum Gasteiger partial charge on any atom is -0.396 e. The molecule has 0 saturated heterocycles. The number of aldehydes is 1. The molecule has 0 aliphatic rings. The molecule has 0 atom stereocenters. The molecule has 0 aromatic carbocycles. The van der Waals surface area contributed by atoms with E-state index in [1.165, 1.54) is 7.05 Å². The summed E-state index contributed by atoms with van der Waals surface area (Å²) in [5, 5.41) is 12.1. The minimum absolute atomic E-state index is 0.00660. The Hall–Kier alpha value is -1.27. The van der Waals surface area contributed by atoms with Crippen molar-refractivity contribution < 1.29 is 14.4 Å². The van der Waals surface area contributed by atoms with Crippen LogP contribution in [0.1, 0.15) is 32.0 Å². The van der Waals surface area contributed by atoms with Gasteiger partial charge in [-0.3, -0.25) is 0 Å². The highest BCUT2D eigenvalue weighted by molar-refractivity contribution is 5.49. The Morgan fingerprint density at radius 2 is 2.00 bits per heavy atom. The van der Waals surface area contributed by atoms with E-state index in [0.29, 0.717) is 31.0 Å². The zero-order valence-corrected chi connectivity index (χ0v) is 10.1. The van der Waals surface area contributed by atoms with E-state index in [4.69, 9.17) is 9.63 Å². The first kappa shape index (κ1) is 17.1. The maximum atomic E-state index is 9.98. The molecule has 0 unspecified atom stereocenters. The number of hydrogen-bond donors (Lipinski definition) is 2. The third-order valence-corrected chi connectivity index (χ3v) is 1.32. The normalized spacial score (nSPS) is 8.31. The first-order valence-electron chi connectivity index (χ1n) is 5.30. The van der Waals surface area contributed by atoms with Crippen LogP contribution in [0.15, 0.2) is 4.52 Å². The van der Waals surface area contributed by atoms with E-state index in [2.05, 4.69) is 15.9 Å². The molecule has 16 heavy (non-hydrogen) atoms. The monoisotopic (exact) mass is 231 g/mol. The lowest BCUT2D eigenvalue weighted by atomic mass is 10.3. The Morgan fingerprint density at radius 1 is 1.38 bits per heavy atom. The summed E-state index contributed by atoms with van der Waals surface area (Å²) in [5.74, 6) is 0.934.